The zero-order valence-corrected chi connectivity index (χ0v) is 14.6. The lowest BCUT2D eigenvalue weighted by Gasteiger charge is -2.12. The molecule has 0 spiro atoms. The second-order valence-corrected chi connectivity index (χ2v) is 5.22. The van der Waals surface area contributed by atoms with Crippen LogP contribution in [0.15, 0.2) is 35.4 Å². The van der Waals surface area contributed by atoms with Gasteiger partial charge in [0.25, 0.3) is 0 Å². The van der Waals surface area contributed by atoms with Crippen LogP contribution in [0.4, 0.5) is 5.69 Å². The Morgan fingerprint density at radius 1 is 1.12 bits per heavy atom. The summed E-state index contributed by atoms with van der Waals surface area (Å²) < 4.78 is 15.8. The number of nitrogens with zero attached hydrogens (tertiary/aromatic N) is 1. The van der Waals surface area contributed by atoms with E-state index < -0.39 is 5.97 Å². The van der Waals surface area contributed by atoms with E-state index in [0.717, 1.165) is 0 Å². The summed E-state index contributed by atoms with van der Waals surface area (Å²) in [5, 5.41) is 15.1. The van der Waals surface area contributed by atoms with Crippen LogP contribution < -0.4 is 24.7 Å². The third kappa shape index (κ3) is 4.33. The number of hydrogen-bond acceptors (Lipinski definition) is 7. The second kappa shape index (κ2) is 8.25. The number of rotatable bonds is 7. The molecular weight excluding hydrogens is 348 g/mol. The van der Waals surface area contributed by atoms with Crippen molar-refractivity contribution in [1.29, 1.82) is 0 Å². The minimum absolute atomic E-state index is 0.0964. The van der Waals surface area contributed by atoms with Crippen LogP contribution in [0, 0.1) is 0 Å². The molecule has 2 aromatic rings. The Morgan fingerprint density at radius 2 is 1.76 bits per heavy atom. The largest absolute Gasteiger partial charge is 0.545 e. The lowest BCUT2D eigenvalue weighted by molar-refractivity contribution is -0.255. The first kappa shape index (κ1) is 18.4. The number of aromatic carboxylic acids is 1. The molecule has 7 nitrogen and oxygen atoms in total. The van der Waals surface area contributed by atoms with Gasteiger partial charge in [-0.05, 0) is 30.3 Å². The van der Waals surface area contributed by atoms with Crippen molar-refractivity contribution in [2.75, 3.05) is 26.8 Å². The Hall–Kier alpha value is -2.93. The summed E-state index contributed by atoms with van der Waals surface area (Å²) in [6, 6.07) is 7.83. The number of methoxy groups -OCH3 is 3. The quantitative estimate of drug-likeness (QED) is 0.598. The van der Waals surface area contributed by atoms with E-state index in [9.17, 15) is 9.90 Å². The van der Waals surface area contributed by atoms with E-state index in [1.807, 2.05) is 0 Å². The van der Waals surface area contributed by atoms with E-state index >= 15 is 0 Å². The summed E-state index contributed by atoms with van der Waals surface area (Å²) in [7, 11) is 4.56. The van der Waals surface area contributed by atoms with Crippen molar-refractivity contribution in [1.82, 2.24) is 0 Å². The number of hydrogen-bond donors (Lipinski definition) is 1. The first-order valence-electron chi connectivity index (χ1n) is 7.10. The van der Waals surface area contributed by atoms with Gasteiger partial charge < -0.3 is 24.1 Å². The fourth-order valence-corrected chi connectivity index (χ4v) is 2.30. The number of halogens is 1. The molecular formula is C17H16ClN2O5-. The summed E-state index contributed by atoms with van der Waals surface area (Å²) >= 11 is 5.79. The SMILES string of the molecule is COc1cc(/C=N\Nc2ccc(Cl)c(C(=O)[O-])c2)cc(OC)c1OC. The molecule has 0 heterocycles. The maximum Gasteiger partial charge on any atom is 0.203 e. The van der Waals surface area contributed by atoms with E-state index in [1.165, 1.54) is 39.7 Å². The van der Waals surface area contributed by atoms with Gasteiger partial charge in [-0.3, -0.25) is 5.43 Å². The smallest absolute Gasteiger partial charge is 0.203 e. The van der Waals surface area contributed by atoms with Crippen molar-refractivity contribution in [2.24, 2.45) is 5.10 Å². The minimum atomic E-state index is -1.36. The molecule has 2 aromatic carbocycles. The van der Waals surface area contributed by atoms with E-state index in [4.69, 9.17) is 25.8 Å². The number of benzene rings is 2. The molecule has 132 valence electrons. The topological polar surface area (TPSA) is 92.2 Å². The van der Waals surface area contributed by atoms with Crippen molar-refractivity contribution in [2.45, 2.75) is 0 Å². The number of carbonyl (C=O) groups excluding carboxylic acids is 1. The summed E-state index contributed by atoms with van der Waals surface area (Å²) in [6.45, 7) is 0. The number of carboxylic acid groups (broad SMARTS) is 1. The monoisotopic (exact) mass is 363 g/mol. The lowest BCUT2D eigenvalue weighted by atomic mass is 10.2. The van der Waals surface area contributed by atoms with E-state index in [1.54, 1.807) is 18.2 Å². The van der Waals surface area contributed by atoms with Crippen LogP contribution in [0.25, 0.3) is 0 Å². The predicted molar refractivity (Wildman–Crippen MR) is 93.1 cm³/mol. The first-order valence-corrected chi connectivity index (χ1v) is 7.48. The standard InChI is InChI=1S/C17H17ClN2O5/c1-23-14-6-10(7-15(24-2)16(14)25-3)9-19-20-11-4-5-13(18)12(8-11)17(21)22/h4-9,20H,1-3H3,(H,21,22)/p-1/b19-9-. The highest BCUT2D eigenvalue weighted by Crippen LogP contribution is 2.37. The number of carboxylic acids is 1. The predicted octanol–water partition coefficient (Wildman–Crippen LogP) is 2.18. The molecule has 0 saturated heterocycles. The Labute approximate surface area is 149 Å². The molecule has 0 unspecified atom stereocenters. The highest BCUT2D eigenvalue weighted by atomic mass is 35.5. The first-order chi connectivity index (χ1) is 12.0. The highest BCUT2D eigenvalue weighted by Gasteiger charge is 2.12. The van der Waals surface area contributed by atoms with Gasteiger partial charge in [-0.2, -0.15) is 5.10 Å². The Kier molecular flexibility index (Phi) is 6.08. The molecule has 0 aliphatic rings. The van der Waals surface area contributed by atoms with E-state index in [2.05, 4.69) is 10.5 Å². The minimum Gasteiger partial charge on any atom is -0.545 e. The van der Waals surface area contributed by atoms with Crippen molar-refractivity contribution < 1.29 is 24.1 Å². The van der Waals surface area contributed by atoms with Gasteiger partial charge >= 0.3 is 0 Å². The van der Waals surface area contributed by atoms with Crippen LogP contribution in [0.3, 0.4) is 0 Å². The van der Waals surface area contributed by atoms with E-state index in [-0.39, 0.29) is 10.6 Å². The number of carbonyl (C=O) groups is 1. The van der Waals surface area contributed by atoms with Crippen LogP contribution >= 0.6 is 11.6 Å². The number of hydrazone groups is 1. The molecule has 0 atom stereocenters. The van der Waals surface area contributed by atoms with Crippen LogP contribution in [-0.2, 0) is 0 Å². The molecule has 0 fully saturated rings. The number of ether oxygens (including phenoxy) is 3. The van der Waals surface area contributed by atoms with Gasteiger partial charge in [0.05, 0.1) is 39.2 Å². The molecule has 25 heavy (non-hydrogen) atoms. The maximum atomic E-state index is 11.0. The summed E-state index contributed by atoms with van der Waals surface area (Å²) in [5.41, 5.74) is 3.75. The summed E-state index contributed by atoms with van der Waals surface area (Å²) in [5.74, 6) is 0.108. The molecule has 0 aliphatic carbocycles. The van der Waals surface area contributed by atoms with Gasteiger partial charge in [0.1, 0.15) is 0 Å². The zero-order chi connectivity index (χ0) is 18.4. The fraction of sp³-hybridized carbons (Fsp3) is 0.176. The summed E-state index contributed by atoms with van der Waals surface area (Å²) in [4.78, 5) is 11.0. The Balaban J connectivity index is 2.22. The van der Waals surface area contributed by atoms with Crippen molar-refractivity contribution in [3.05, 3.63) is 46.5 Å². The average Bonchev–Trinajstić information content (AvgIpc) is 2.61. The number of nitrogens with one attached hydrogen (secondary N) is 1. The van der Waals surface area contributed by atoms with Gasteiger partial charge in [-0.1, -0.05) is 11.6 Å². The van der Waals surface area contributed by atoms with Crippen LogP contribution in [0.1, 0.15) is 15.9 Å². The molecule has 0 radical (unpaired) electrons. The van der Waals surface area contributed by atoms with Crippen LogP contribution in [0.2, 0.25) is 5.02 Å². The highest BCUT2D eigenvalue weighted by molar-refractivity contribution is 6.33. The average molecular weight is 364 g/mol. The molecule has 0 amide bonds. The van der Waals surface area contributed by atoms with Crippen LogP contribution in [0.5, 0.6) is 17.2 Å². The number of anilines is 1. The van der Waals surface area contributed by atoms with Crippen molar-refractivity contribution >= 4 is 29.5 Å². The van der Waals surface area contributed by atoms with E-state index in [0.29, 0.717) is 28.5 Å². The molecule has 8 heteroatoms. The molecule has 0 aliphatic heterocycles. The fourth-order valence-electron chi connectivity index (χ4n) is 2.11. The molecule has 0 aromatic heterocycles. The normalized spacial score (nSPS) is 10.6. The molecule has 0 saturated carbocycles. The van der Waals surface area contributed by atoms with Gasteiger partial charge in [0.2, 0.25) is 5.75 Å². The third-order valence-corrected chi connectivity index (χ3v) is 3.61. The van der Waals surface area contributed by atoms with Crippen molar-refractivity contribution in [3.8, 4) is 17.2 Å². The molecule has 0 bridgehead atoms. The van der Waals surface area contributed by atoms with Gasteiger partial charge in [-0.15, -0.1) is 0 Å². The lowest BCUT2D eigenvalue weighted by Crippen LogP contribution is -2.22. The Bertz CT molecular complexity index is 783. The molecule has 2 rings (SSSR count). The zero-order valence-electron chi connectivity index (χ0n) is 13.8. The third-order valence-electron chi connectivity index (χ3n) is 3.28. The van der Waals surface area contributed by atoms with Gasteiger partial charge in [0.15, 0.2) is 11.5 Å². The maximum absolute atomic E-state index is 11.0. The van der Waals surface area contributed by atoms with Crippen LogP contribution in [-0.4, -0.2) is 33.5 Å². The van der Waals surface area contributed by atoms with Gasteiger partial charge in [-0.25, -0.2) is 0 Å². The summed E-state index contributed by atoms with van der Waals surface area (Å²) in [6.07, 6.45) is 1.53. The van der Waals surface area contributed by atoms with Gasteiger partial charge in [0, 0.05) is 16.1 Å². The van der Waals surface area contributed by atoms with Crippen molar-refractivity contribution in [3.63, 3.8) is 0 Å². The molecule has 1 N–H and O–H groups in total. The Morgan fingerprint density at radius 3 is 2.28 bits per heavy atom. The second-order valence-electron chi connectivity index (χ2n) is 4.81.